The molecular weight excluding hydrogens is 273 g/mol. The minimum absolute atomic E-state index is 0.757. The summed E-state index contributed by atoms with van der Waals surface area (Å²) >= 11 is 2.41. The topological polar surface area (TPSA) is 3.01 Å². The molecule has 0 bridgehead atoms. The van der Waals surface area contributed by atoms with E-state index in [1.54, 1.807) is 5.57 Å². The number of allylic oxidation sites excluding steroid dienone is 2. The molecule has 0 aromatic carbocycles. The van der Waals surface area contributed by atoms with Crippen LogP contribution in [0.4, 0.5) is 0 Å². The number of hydrogen-bond donors (Lipinski definition) is 0. The van der Waals surface area contributed by atoms with Gasteiger partial charge in [-0.05, 0) is 33.2 Å². The molecule has 2 heteroatoms. The average molecular weight is 293 g/mol. The van der Waals surface area contributed by atoms with Crippen LogP contribution in [-0.2, 0) is 0 Å². The molecule has 13 heavy (non-hydrogen) atoms. The van der Waals surface area contributed by atoms with Crippen LogP contribution >= 0.6 is 22.6 Å². The fourth-order valence-corrected chi connectivity index (χ4v) is 2.50. The number of halogens is 1. The summed E-state index contributed by atoms with van der Waals surface area (Å²) in [6, 6.07) is 1.66. The molecule has 4 unspecified atom stereocenters. The molecule has 0 amide bonds. The first-order valence-electron chi connectivity index (χ1n) is 5.02. The molecule has 1 aliphatic rings. The van der Waals surface area contributed by atoms with E-state index >= 15 is 0 Å². The molecule has 4 atom stereocenters. The third kappa shape index (κ3) is 2.94. The van der Waals surface area contributed by atoms with Crippen molar-refractivity contribution >= 4 is 22.6 Å². The van der Waals surface area contributed by atoms with E-state index in [2.05, 4.69) is 61.4 Å². The monoisotopic (exact) mass is 293 g/mol. The van der Waals surface area contributed by atoms with Crippen molar-refractivity contribution in [2.24, 2.45) is 5.92 Å². The third-order valence-electron chi connectivity index (χ3n) is 3.40. The highest BCUT2D eigenvalue weighted by molar-refractivity contribution is 14.1. The van der Waals surface area contributed by atoms with E-state index in [9.17, 15) is 0 Å². The Morgan fingerprint density at radius 1 is 1.62 bits per heavy atom. The van der Waals surface area contributed by atoms with Gasteiger partial charge in [0.25, 0.3) is 0 Å². The summed E-state index contributed by atoms with van der Waals surface area (Å²) < 4.78 is 1.14. The van der Waals surface area contributed by atoms with Crippen LogP contribution in [0.25, 0.3) is 0 Å². The van der Waals surface area contributed by atoms with Gasteiger partial charge in [0.05, 0.1) is 0 Å². The first-order chi connectivity index (χ1) is 6.07. The molecule has 1 nitrogen and oxygen atoms in total. The van der Waals surface area contributed by atoms with E-state index in [4.69, 9.17) is 0 Å². The van der Waals surface area contributed by atoms with Gasteiger partial charge >= 0.3 is 0 Å². The Morgan fingerprint density at radius 2 is 2.15 bits per heavy atom. The van der Waals surface area contributed by atoms with Crippen LogP contribution in [-0.4, -0.2) is 28.5 Å². The van der Waals surface area contributed by atoms with Crippen molar-refractivity contribution in [3.05, 3.63) is 11.6 Å². The fraction of sp³-hybridized carbons (Fsp3) is 0.818. The molecule has 0 saturated carbocycles. The molecule has 76 valence electrons. The molecule has 1 rings (SSSR count). The van der Waals surface area contributed by atoms with E-state index in [0.717, 1.165) is 22.4 Å². The second kappa shape index (κ2) is 4.78. The Balaban J connectivity index is 2.33. The molecule has 0 radical (unpaired) electrons. The fourth-order valence-electron chi connectivity index (χ4n) is 1.81. The van der Waals surface area contributed by atoms with Gasteiger partial charge in [0.2, 0.25) is 0 Å². The maximum absolute atomic E-state index is 2.45. The van der Waals surface area contributed by atoms with Gasteiger partial charge in [0, 0.05) is 16.5 Å². The quantitative estimate of drug-likeness (QED) is 0.333. The largest absolute Gasteiger partial charge is 0.298 e. The van der Waals surface area contributed by atoms with Crippen molar-refractivity contribution in [3.8, 4) is 0 Å². The van der Waals surface area contributed by atoms with Crippen molar-refractivity contribution in [2.45, 2.75) is 39.3 Å². The predicted octanol–water partition coefficient (Wildman–Crippen LogP) is 3.10. The van der Waals surface area contributed by atoms with Crippen LogP contribution in [0.1, 0.15) is 27.2 Å². The highest BCUT2D eigenvalue weighted by Gasteiger charge is 2.40. The van der Waals surface area contributed by atoms with Crippen molar-refractivity contribution in [1.29, 1.82) is 0 Å². The molecule has 0 aromatic heterocycles. The zero-order valence-electron chi connectivity index (χ0n) is 9.05. The van der Waals surface area contributed by atoms with Crippen molar-refractivity contribution < 1.29 is 0 Å². The van der Waals surface area contributed by atoms with Gasteiger partial charge in [-0.3, -0.25) is 4.90 Å². The predicted molar refractivity (Wildman–Crippen MR) is 67.4 cm³/mol. The molecule has 1 aliphatic heterocycles. The summed E-state index contributed by atoms with van der Waals surface area (Å²) in [7, 11) is 2.22. The van der Waals surface area contributed by atoms with E-state index < -0.39 is 0 Å². The molecule has 0 spiro atoms. The van der Waals surface area contributed by atoms with Crippen LogP contribution in [0.5, 0.6) is 0 Å². The smallest absolute Gasteiger partial charge is 0.0254 e. The Morgan fingerprint density at radius 3 is 2.54 bits per heavy atom. The Kier molecular flexibility index (Phi) is 4.23. The van der Waals surface area contributed by atoms with Gasteiger partial charge in [-0.2, -0.15) is 0 Å². The van der Waals surface area contributed by atoms with E-state index in [1.807, 2.05) is 0 Å². The second-order valence-electron chi connectivity index (χ2n) is 4.21. The molecule has 1 heterocycles. The third-order valence-corrected chi connectivity index (χ3v) is 3.84. The second-order valence-corrected chi connectivity index (χ2v) is 5.09. The Bertz CT molecular complexity index is 192. The van der Waals surface area contributed by atoms with Gasteiger partial charge in [0.15, 0.2) is 0 Å². The number of likely N-dealkylation sites (N-methyl/N-ethyl adjacent to an activating group) is 1. The average Bonchev–Trinajstić information content (AvgIpc) is 2.63. The summed E-state index contributed by atoms with van der Waals surface area (Å²) in [4.78, 5) is 2.45. The summed E-state index contributed by atoms with van der Waals surface area (Å²) in [5, 5.41) is 0. The van der Waals surface area contributed by atoms with Gasteiger partial charge in [-0.1, -0.05) is 41.2 Å². The lowest BCUT2D eigenvalue weighted by Gasteiger charge is -2.11. The van der Waals surface area contributed by atoms with Gasteiger partial charge < -0.3 is 0 Å². The normalized spacial score (nSPS) is 36.1. The first kappa shape index (κ1) is 11.5. The summed E-state index contributed by atoms with van der Waals surface area (Å²) in [6.07, 6.45) is 3.68. The lowest BCUT2D eigenvalue weighted by Crippen LogP contribution is -2.04. The summed E-state index contributed by atoms with van der Waals surface area (Å²) in [6.45, 7) is 6.92. The van der Waals surface area contributed by atoms with E-state index in [-0.39, 0.29) is 0 Å². The highest BCUT2D eigenvalue weighted by Crippen LogP contribution is 2.32. The van der Waals surface area contributed by atoms with Gasteiger partial charge in [-0.15, -0.1) is 0 Å². The van der Waals surface area contributed by atoms with Crippen molar-refractivity contribution in [1.82, 2.24) is 4.90 Å². The van der Waals surface area contributed by atoms with Crippen LogP contribution in [0.3, 0.4) is 0 Å². The lowest BCUT2D eigenvalue weighted by atomic mass is 9.96. The Labute approximate surface area is 95.7 Å². The zero-order valence-corrected chi connectivity index (χ0v) is 11.2. The minimum Gasteiger partial charge on any atom is -0.298 e. The van der Waals surface area contributed by atoms with Crippen LogP contribution in [0, 0.1) is 5.92 Å². The first-order valence-corrected chi connectivity index (χ1v) is 6.55. The van der Waals surface area contributed by atoms with E-state index in [1.165, 1.54) is 6.42 Å². The van der Waals surface area contributed by atoms with Crippen LogP contribution < -0.4 is 0 Å². The van der Waals surface area contributed by atoms with E-state index in [0.29, 0.717) is 0 Å². The highest BCUT2D eigenvalue weighted by atomic mass is 127. The molecular formula is C11H20IN. The van der Waals surface area contributed by atoms with Crippen molar-refractivity contribution in [2.75, 3.05) is 11.5 Å². The Hall–Kier alpha value is 0.430. The minimum atomic E-state index is 0.757. The number of hydrogen-bond acceptors (Lipinski definition) is 1. The zero-order chi connectivity index (χ0) is 10.0. The summed E-state index contributed by atoms with van der Waals surface area (Å²) in [5.41, 5.74) is 1.56. The van der Waals surface area contributed by atoms with Gasteiger partial charge in [-0.25, -0.2) is 0 Å². The lowest BCUT2D eigenvalue weighted by molar-refractivity contribution is 0.517. The molecule has 1 fully saturated rings. The molecule has 0 aliphatic carbocycles. The van der Waals surface area contributed by atoms with Crippen LogP contribution in [0.15, 0.2) is 11.6 Å². The SMILES string of the molecule is C/C(=C/CI)C(C)CC1C(C)N1C. The number of rotatable bonds is 4. The molecule has 0 N–H and O–H groups in total. The van der Waals surface area contributed by atoms with Crippen LogP contribution in [0.2, 0.25) is 0 Å². The van der Waals surface area contributed by atoms with Gasteiger partial charge in [0.1, 0.15) is 0 Å². The molecule has 0 aromatic rings. The maximum atomic E-state index is 2.45. The summed E-state index contributed by atoms with van der Waals surface area (Å²) in [5.74, 6) is 0.757. The number of alkyl halides is 1. The maximum Gasteiger partial charge on any atom is 0.0254 e. The molecule has 1 saturated heterocycles. The van der Waals surface area contributed by atoms with Crippen molar-refractivity contribution in [3.63, 3.8) is 0 Å². The standard InChI is InChI=1S/C11H20IN/c1-8(5-6-12)9(2)7-11-10(3)13(11)4/h5,9-11H,6-7H2,1-4H3/b8-5-. The number of nitrogens with zero attached hydrogens (tertiary/aromatic N) is 1.